The molecule has 3 aromatic rings. The number of anilines is 1. The van der Waals surface area contributed by atoms with Gasteiger partial charge in [0, 0.05) is 28.8 Å². The van der Waals surface area contributed by atoms with Gasteiger partial charge in [0.2, 0.25) is 5.91 Å². The third kappa shape index (κ3) is 4.19. The molecule has 6 nitrogen and oxygen atoms in total. The van der Waals surface area contributed by atoms with E-state index >= 15 is 0 Å². The van der Waals surface area contributed by atoms with E-state index in [9.17, 15) is 9.59 Å². The van der Waals surface area contributed by atoms with Gasteiger partial charge in [-0.15, -0.1) is 22.7 Å². The van der Waals surface area contributed by atoms with Gasteiger partial charge < -0.3 is 10.1 Å². The molecule has 152 valence electrons. The molecule has 1 atom stereocenters. The van der Waals surface area contributed by atoms with Gasteiger partial charge in [-0.05, 0) is 50.4 Å². The zero-order valence-electron chi connectivity index (χ0n) is 16.6. The van der Waals surface area contributed by atoms with Gasteiger partial charge in [-0.3, -0.25) is 9.69 Å². The lowest BCUT2D eigenvalue weighted by molar-refractivity contribution is -0.117. The van der Waals surface area contributed by atoms with E-state index in [4.69, 9.17) is 9.72 Å². The van der Waals surface area contributed by atoms with Gasteiger partial charge in [-0.25, -0.2) is 9.78 Å². The minimum Gasteiger partial charge on any atom is -0.465 e. The zero-order chi connectivity index (χ0) is 20.5. The molecular weight excluding hydrogens is 406 g/mol. The van der Waals surface area contributed by atoms with Crippen molar-refractivity contribution < 1.29 is 14.3 Å². The summed E-state index contributed by atoms with van der Waals surface area (Å²) in [5, 5.41) is 5.79. The van der Waals surface area contributed by atoms with Crippen molar-refractivity contribution in [1.29, 1.82) is 0 Å². The summed E-state index contributed by atoms with van der Waals surface area (Å²) < 4.78 is 4.92. The summed E-state index contributed by atoms with van der Waals surface area (Å²) in [6.07, 6.45) is 1.80. The van der Waals surface area contributed by atoms with Gasteiger partial charge in [0.25, 0.3) is 0 Å². The predicted molar refractivity (Wildman–Crippen MR) is 117 cm³/mol. The van der Waals surface area contributed by atoms with Crippen LogP contribution in [0.25, 0.3) is 10.2 Å². The highest BCUT2D eigenvalue weighted by atomic mass is 32.1. The number of fused-ring (bicyclic) bond motifs is 1. The number of nitrogens with zero attached hydrogens (tertiary/aromatic N) is 2. The smallest absolute Gasteiger partial charge is 0.350 e. The summed E-state index contributed by atoms with van der Waals surface area (Å²) in [5.41, 5.74) is 1.44. The molecule has 0 spiro atoms. The van der Waals surface area contributed by atoms with E-state index in [2.05, 4.69) is 41.7 Å². The van der Waals surface area contributed by atoms with Crippen LogP contribution in [0.1, 0.15) is 46.0 Å². The second kappa shape index (κ2) is 8.22. The topological polar surface area (TPSA) is 71.5 Å². The summed E-state index contributed by atoms with van der Waals surface area (Å²) in [6, 6.07) is 8.38. The van der Waals surface area contributed by atoms with Crippen molar-refractivity contribution in [3.63, 3.8) is 0 Å². The summed E-state index contributed by atoms with van der Waals surface area (Å²) in [7, 11) is 3.42. The van der Waals surface area contributed by atoms with Crippen LogP contribution in [-0.2, 0) is 16.1 Å². The summed E-state index contributed by atoms with van der Waals surface area (Å²) in [6.45, 7) is 2.86. The fourth-order valence-corrected chi connectivity index (χ4v) is 5.09. The van der Waals surface area contributed by atoms with Gasteiger partial charge >= 0.3 is 5.97 Å². The Morgan fingerprint density at radius 3 is 2.79 bits per heavy atom. The quantitative estimate of drug-likeness (QED) is 0.552. The maximum Gasteiger partial charge on any atom is 0.350 e. The molecule has 0 saturated heterocycles. The number of hydrogen-bond donors (Lipinski definition) is 1. The average Bonchev–Trinajstić information content (AvgIpc) is 3.32. The van der Waals surface area contributed by atoms with Crippen molar-refractivity contribution in [1.82, 2.24) is 9.88 Å². The molecule has 1 aliphatic carbocycles. The molecule has 3 heterocycles. The molecule has 3 aromatic heterocycles. The number of aromatic nitrogens is 1. The molecule has 1 saturated carbocycles. The number of amides is 1. The zero-order valence-corrected chi connectivity index (χ0v) is 18.2. The first-order valence-electron chi connectivity index (χ1n) is 9.53. The predicted octanol–water partition coefficient (Wildman–Crippen LogP) is 4.69. The first-order chi connectivity index (χ1) is 14.0. The number of esters is 1. The minimum atomic E-state index is -0.455. The van der Waals surface area contributed by atoms with Crippen LogP contribution < -0.4 is 5.32 Å². The van der Waals surface area contributed by atoms with Crippen LogP contribution in [0.15, 0.2) is 29.6 Å². The summed E-state index contributed by atoms with van der Waals surface area (Å²) in [4.78, 5) is 34.0. The molecule has 0 aliphatic heterocycles. The number of carbonyl (C=O) groups excluding carboxylic acids is 2. The van der Waals surface area contributed by atoms with Crippen LogP contribution in [0.4, 0.5) is 5.69 Å². The van der Waals surface area contributed by atoms with Gasteiger partial charge in [-0.1, -0.05) is 6.07 Å². The molecule has 8 heteroatoms. The highest BCUT2D eigenvalue weighted by Gasteiger charge is 2.32. The van der Waals surface area contributed by atoms with Crippen LogP contribution in [0.3, 0.4) is 0 Å². The summed E-state index contributed by atoms with van der Waals surface area (Å²) in [5.74, 6) is -0.442. The molecule has 1 amide bonds. The third-order valence-corrected chi connectivity index (χ3v) is 7.33. The largest absolute Gasteiger partial charge is 0.465 e. The number of pyridine rings is 1. The third-order valence-electron chi connectivity index (χ3n) is 5.21. The molecule has 0 radical (unpaired) electrons. The van der Waals surface area contributed by atoms with Gasteiger partial charge in [-0.2, -0.15) is 0 Å². The fourth-order valence-electron chi connectivity index (χ4n) is 3.17. The van der Waals surface area contributed by atoms with Crippen molar-refractivity contribution in [3.05, 3.63) is 45.1 Å². The monoisotopic (exact) mass is 429 g/mol. The van der Waals surface area contributed by atoms with Crippen molar-refractivity contribution in [3.8, 4) is 0 Å². The Bertz CT molecular complexity index is 1040. The number of nitrogens with one attached hydrogen (secondary N) is 1. The van der Waals surface area contributed by atoms with E-state index in [1.807, 2.05) is 12.1 Å². The number of rotatable bonds is 7. The maximum absolute atomic E-state index is 12.3. The van der Waals surface area contributed by atoms with E-state index in [0.717, 1.165) is 28.8 Å². The van der Waals surface area contributed by atoms with E-state index in [-0.39, 0.29) is 17.9 Å². The number of thiophene rings is 2. The molecule has 29 heavy (non-hydrogen) atoms. The first kappa shape index (κ1) is 20.0. The van der Waals surface area contributed by atoms with Crippen LogP contribution in [0, 0.1) is 5.92 Å². The number of hydrogen-bond acceptors (Lipinski definition) is 7. The normalized spacial score (nSPS) is 14.9. The van der Waals surface area contributed by atoms with Crippen molar-refractivity contribution in [2.24, 2.45) is 5.92 Å². The molecule has 0 bridgehead atoms. The fraction of sp³-hybridized carbons (Fsp3) is 0.381. The van der Waals surface area contributed by atoms with Crippen LogP contribution >= 0.6 is 22.7 Å². The van der Waals surface area contributed by atoms with Crippen LogP contribution in [0.2, 0.25) is 0 Å². The Hall–Kier alpha value is -2.29. The number of carbonyl (C=O) groups is 2. The molecule has 1 fully saturated rings. The van der Waals surface area contributed by atoms with E-state index in [1.54, 1.807) is 11.3 Å². The number of ether oxygens (including phenoxy) is 1. The minimum absolute atomic E-state index is 0.0385. The van der Waals surface area contributed by atoms with Crippen LogP contribution in [0.5, 0.6) is 0 Å². The van der Waals surface area contributed by atoms with Gasteiger partial charge in [0.05, 0.1) is 18.5 Å². The van der Waals surface area contributed by atoms with E-state index in [0.29, 0.717) is 17.1 Å². The highest BCUT2D eigenvalue weighted by Crippen LogP contribution is 2.38. The molecule has 0 unspecified atom stereocenters. The standard InChI is InChI=1S/C21H23N3O3S2/c1-12(16-5-4-10-28-16)24(2)11-14-8-9-15-17(23-19(25)13-6-7-13)18(21(26)27-3)29-20(15)22-14/h4-5,8-10,12-13H,6-7,11H2,1-3H3,(H,23,25)/t12-/m0/s1. The Morgan fingerprint density at radius 2 is 2.14 bits per heavy atom. The molecule has 0 aromatic carbocycles. The Balaban J connectivity index is 1.61. The van der Waals surface area contributed by atoms with Gasteiger partial charge in [0.15, 0.2) is 0 Å². The Morgan fingerprint density at radius 1 is 1.34 bits per heavy atom. The summed E-state index contributed by atoms with van der Waals surface area (Å²) >= 11 is 3.01. The highest BCUT2D eigenvalue weighted by molar-refractivity contribution is 7.21. The van der Waals surface area contributed by atoms with E-state index < -0.39 is 5.97 Å². The lowest BCUT2D eigenvalue weighted by Crippen LogP contribution is -2.21. The SMILES string of the molecule is COC(=O)c1sc2nc(CN(C)[C@@H](C)c3cccs3)ccc2c1NC(=O)C1CC1. The van der Waals surface area contributed by atoms with Crippen LogP contribution in [-0.4, -0.2) is 35.9 Å². The Kier molecular flexibility index (Phi) is 5.67. The molecule has 4 rings (SSSR count). The lowest BCUT2D eigenvalue weighted by atomic mass is 10.2. The second-order valence-electron chi connectivity index (χ2n) is 7.32. The van der Waals surface area contributed by atoms with Crippen molar-refractivity contribution in [2.45, 2.75) is 32.4 Å². The Labute approximate surface area is 177 Å². The van der Waals surface area contributed by atoms with Gasteiger partial charge in [0.1, 0.15) is 9.71 Å². The average molecular weight is 430 g/mol. The second-order valence-corrected chi connectivity index (χ2v) is 9.30. The molecular formula is C21H23N3O3S2. The van der Waals surface area contributed by atoms with Crippen molar-refractivity contribution in [2.75, 3.05) is 19.5 Å². The molecule has 1 N–H and O–H groups in total. The maximum atomic E-state index is 12.3. The lowest BCUT2D eigenvalue weighted by Gasteiger charge is -2.23. The van der Waals surface area contributed by atoms with E-state index in [1.165, 1.54) is 23.3 Å². The number of methoxy groups -OCH3 is 1. The molecule has 1 aliphatic rings. The van der Waals surface area contributed by atoms with Crippen molar-refractivity contribution >= 4 is 50.5 Å². The first-order valence-corrected chi connectivity index (χ1v) is 11.2.